The van der Waals surface area contributed by atoms with Crippen LogP contribution in [0.3, 0.4) is 0 Å². The average molecular weight is 298 g/mol. The summed E-state index contributed by atoms with van der Waals surface area (Å²) in [5.41, 5.74) is 6.51. The highest BCUT2D eigenvalue weighted by Gasteiger charge is 2.17. The third-order valence-corrected chi connectivity index (χ3v) is 4.70. The van der Waals surface area contributed by atoms with Gasteiger partial charge in [0.05, 0.1) is 4.90 Å². The standard InChI is InChI=1S/C18H18O2S/c1-13-5-7-14(8-6-13)17-3-2-4-18(17)15-9-11-16(12-10-15)21(19)20/h5-12H,2-4H2,1H3,(H,19,20). The van der Waals surface area contributed by atoms with E-state index < -0.39 is 11.1 Å². The maximum absolute atomic E-state index is 11.1. The molecule has 1 aliphatic rings. The summed E-state index contributed by atoms with van der Waals surface area (Å²) in [4.78, 5) is 0.453. The minimum atomic E-state index is -1.90. The molecule has 0 saturated carbocycles. The van der Waals surface area contributed by atoms with E-state index in [-0.39, 0.29) is 0 Å². The molecule has 1 atom stereocenters. The SMILES string of the molecule is Cc1ccc(C2=C(c3ccc(S(=O)O)cc3)CCC2)cc1. The quantitative estimate of drug-likeness (QED) is 0.836. The normalized spacial score (nSPS) is 16.3. The molecule has 0 aromatic heterocycles. The first-order valence-electron chi connectivity index (χ1n) is 7.15. The van der Waals surface area contributed by atoms with Crippen LogP contribution in [-0.2, 0) is 11.1 Å². The van der Waals surface area contributed by atoms with Gasteiger partial charge in [0.2, 0.25) is 0 Å². The lowest BCUT2D eigenvalue weighted by Crippen LogP contribution is -1.90. The van der Waals surface area contributed by atoms with E-state index >= 15 is 0 Å². The zero-order valence-corrected chi connectivity index (χ0v) is 12.8. The lowest BCUT2D eigenvalue weighted by Gasteiger charge is -2.09. The lowest BCUT2D eigenvalue weighted by atomic mass is 9.96. The van der Waals surface area contributed by atoms with Gasteiger partial charge in [-0.1, -0.05) is 42.0 Å². The molecule has 21 heavy (non-hydrogen) atoms. The van der Waals surface area contributed by atoms with E-state index in [1.54, 1.807) is 12.1 Å². The molecule has 1 N–H and O–H groups in total. The van der Waals surface area contributed by atoms with Gasteiger partial charge in [-0.3, -0.25) is 0 Å². The molecule has 108 valence electrons. The zero-order valence-electron chi connectivity index (χ0n) is 12.0. The van der Waals surface area contributed by atoms with Crippen molar-refractivity contribution in [1.82, 2.24) is 0 Å². The topological polar surface area (TPSA) is 37.3 Å². The Kier molecular flexibility index (Phi) is 4.04. The molecule has 2 aromatic carbocycles. The van der Waals surface area contributed by atoms with Gasteiger partial charge < -0.3 is 4.55 Å². The lowest BCUT2D eigenvalue weighted by molar-refractivity contribution is 0.564. The maximum Gasteiger partial charge on any atom is 0.186 e. The van der Waals surface area contributed by atoms with Crippen molar-refractivity contribution in [1.29, 1.82) is 0 Å². The molecular formula is C18H18O2S. The molecule has 0 bridgehead atoms. The van der Waals surface area contributed by atoms with Crippen LogP contribution < -0.4 is 0 Å². The van der Waals surface area contributed by atoms with Crippen molar-refractivity contribution in [3.8, 4) is 0 Å². The van der Waals surface area contributed by atoms with Gasteiger partial charge >= 0.3 is 0 Å². The Hall–Kier alpha value is -1.71. The Labute approximate surface area is 127 Å². The van der Waals surface area contributed by atoms with Crippen LogP contribution in [0.25, 0.3) is 11.1 Å². The summed E-state index contributed by atoms with van der Waals surface area (Å²) in [6.07, 6.45) is 3.35. The second-order valence-electron chi connectivity index (χ2n) is 5.45. The smallest absolute Gasteiger partial charge is 0.186 e. The number of benzene rings is 2. The van der Waals surface area contributed by atoms with Crippen LogP contribution in [0.4, 0.5) is 0 Å². The van der Waals surface area contributed by atoms with Crippen LogP contribution >= 0.6 is 0 Å². The highest BCUT2D eigenvalue weighted by molar-refractivity contribution is 7.79. The Morgan fingerprint density at radius 1 is 0.857 bits per heavy atom. The fraction of sp³-hybridized carbons (Fsp3) is 0.222. The molecule has 0 fully saturated rings. The van der Waals surface area contributed by atoms with Crippen LogP contribution in [0.15, 0.2) is 53.4 Å². The van der Waals surface area contributed by atoms with E-state index in [2.05, 4.69) is 31.2 Å². The van der Waals surface area contributed by atoms with Crippen molar-refractivity contribution < 1.29 is 8.76 Å². The van der Waals surface area contributed by atoms with Crippen molar-refractivity contribution >= 4 is 22.2 Å². The number of hydrogen-bond acceptors (Lipinski definition) is 1. The summed E-state index contributed by atoms with van der Waals surface area (Å²) >= 11 is -1.90. The third-order valence-electron chi connectivity index (χ3n) is 4.02. The van der Waals surface area contributed by atoms with Gasteiger partial charge in [-0.05, 0) is 60.6 Å². The summed E-state index contributed by atoms with van der Waals surface area (Å²) < 4.78 is 20.1. The highest BCUT2D eigenvalue weighted by atomic mass is 32.2. The summed E-state index contributed by atoms with van der Waals surface area (Å²) in [7, 11) is 0. The minimum Gasteiger partial charge on any atom is -0.302 e. The number of hydrogen-bond donors (Lipinski definition) is 1. The summed E-state index contributed by atoms with van der Waals surface area (Å²) in [5, 5.41) is 0. The predicted molar refractivity (Wildman–Crippen MR) is 87.3 cm³/mol. The van der Waals surface area contributed by atoms with Crippen LogP contribution in [0.2, 0.25) is 0 Å². The van der Waals surface area contributed by atoms with Crippen LogP contribution in [0, 0.1) is 6.92 Å². The Morgan fingerprint density at radius 2 is 1.33 bits per heavy atom. The summed E-state index contributed by atoms with van der Waals surface area (Å²) in [6, 6.07) is 16.1. The van der Waals surface area contributed by atoms with Crippen molar-refractivity contribution in [2.45, 2.75) is 31.1 Å². The molecule has 0 amide bonds. The number of rotatable bonds is 3. The largest absolute Gasteiger partial charge is 0.302 e. The Balaban J connectivity index is 2.00. The van der Waals surface area contributed by atoms with Crippen molar-refractivity contribution in [2.24, 2.45) is 0 Å². The molecule has 0 aliphatic heterocycles. The predicted octanol–water partition coefficient (Wildman–Crippen LogP) is 4.67. The van der Waals surface area contributed by atoms with E-state index in [4.69, 9.17) is 4.55 Å². The second-order valence-corrected chi connectivity index (χ2v) is 6.42. The zero-order chi connectivity index (χ0) is 14.8. The molecular weight excluding hydrogens is 280 g/mol. The van der Waals surface area contributed by atoms with Crippen molar-refractivity contribution in [3.63, 3.8) is 0 Å². The fourth-order valence-electron chi connectivity index (χ4n) is 2.91. The molecule has 0 spiro atoms. The third kappa shape index (κ3) is 2.99. The first-order chi connectivity index (χ1) is 10.1. The Morgan fingerprint density at radius 3 is 1.81 bits per heavy atom. The average Bonchev–Trinajstić information content (AvgIpc) is 2.97. The van der Waals surface area contributed by atoms with Crippen molar-refractivity contribution in [3.05, 3.63) is 65.2 Å². The van der Waals surface area contributed by atoms with E-state index in [0.29, 0.717) is 4.90 Å². The van der Waals surface area contributed by atoms with Gasteiger partial charge in [0.15, 0.2) is 11.1 Å². The van der Waals surface area contributed by atoms with E-state index in [1.165, 1.54) is 28.7 Å². The molecule has 1 aliphatic carbocycles. The van der Waals surface area contributed by atoms with Gasteiger partial charge in [0, 0.05) is 0 Å². The van der Waals surface area contributed by atoms with Crippen LogP contribution in [0.1, 0.15) is 36.0 Å². The minimum absolute atomic E-state index is 0.453. The van der Waals surface area contributed by atoms with Crippen LogP contribution in [-0.4, -0.2) is 8.76 Å². The first kappa shape index (κ1) is 14.2. The fourth-order valence-corrected chi connectivity index (χ4v) is 3.28. The molecule has 3 rings (SSSR count). The molecule has 3 heteroatoms. The molecule has 1 unspecified atom stereocenters. The van der Waals surface area contributed by atoms with Crippen molar-refractivity contribution in [2.75, 3.05) is 0 Å². The monoisotopic (exact) mass is 298 g/mol. The number of aryl methyl sites for hydroxylation is 1. The van der Waals surface area contributed by atoms with Crippen LogP contribution in [0.5, 0.6) is 0 Å². The summed E-state index contributed by atoms with van der Waals surface area (Å²) in [6.45, 7) is 2.10. The summed E-state index contributed by atoms with van der Waals surface area (Å²) in [5.74, 6) is 0. The molecule has 0 heterocycles. The Bertz CT molecular complexity index is 697. The van der Waals surface area contributed by atoms with Gasteiger partial charge in [0.25, 0.3) is 0 Å². The molecule has 2 aromatic rings. The molecule has 0 radical (unpaired) electrons. The molecule has 2 nitrogen and oxygen atoms in total. The van der Waals surface area contributed by atoms with Gasteiger partial charge in [0.1, 0.15) is 0 Å². The van der Waals surface area contributed by atoms with Gasteiger partial charge in [-0.2, -0.15) is 0 Å². The van der Waals surface area contributed by atoms with E-state index in [1.807, 2.05) is 12.1 Å². The number of allylic oxidation sites excluding steroid dienone is 2. The van der Waals surface area contributed by atoms with E-state index in [0.717, 1.165) is 18.4 Å². The van der Waals surface area contributed by atoms with E-state index in [9.17, 15) is 4.21 Å². The maximum atomic E-state index is 11.1. The second kappa shape index (κ2) is 5.96. The molecule has 0 saturated heterocycles. The first-order valence-corrected chi connectivity index (χ1v) is 8.26. The van der Waals surface area contributed by atoms with Gasteiger partial charge in [-0.15, -0.1) is 0 Å². The highest BCUT2D eigenvalue weighted by Crippen LogP contribution is 2.39. The van der Waals surface area contributed by atoms with Gasteiger partial charge in [-0.25, -0.2) is 4.21 Å².